The molecule has 0 aliphatic rings. The van der Waals surface area contributed by atoms with Crippen molar-refractivity contribution in [3.63, 3.8) is 0 Å². The highest BCUT2D eigenvalue weighted by molar-refractivity contribution is 6.14. The highest BCUT2D eigenvalue weighted by Gasteiger charge is 2.21. The van der Waals surface area contributed by atoms with E-state index in [1.165, 1.54) is 38.1 Å². The van der Waals surface area contributed by atoms with Crippen molar-refractivity contribution in [2.45, 2.75) is 0 Å². The third kappa shape index (κ3) is 6.59. The van der Waals surface area contributed by atoms with E-state index in [4.69, 9.17) is 23.8 Å². The normalized spacial score (nSPS) is 11.9. The fourth-order valence-corrected chi connectivity index (χ4v) is 11.6. The Labute approximate surface area is 434 Å². The summed E-state index contributed by atoms with van der Waals surface area (Å²) in [5.74, 6) is 1.67. The first kappa shape index (κ1) is 42.2. The van der Waals surface area contributed by atoms with E-state index >= 15 is 0 Å². The molecule has 0 unspecified atom stereocenters. The molecular formula is C69H41N5O2. The van der Waals surface area contributed by atoms with Crippen molar-refractivity contribution in [2.75, 3.05) is 0 Å². The minimum atomic E-state index is 0.545. The summed E-state index contributed by atoms with van der Waals surface area (Å²) in [5.41, 5.74) is 17.2. The molecule has 0 spiro atoms. The summed E-state index contributed by atoms with van der Waals surface area (Å²) in [5, 5.41) is 8.91. The van der Waals surface area contributed by atoms with E-state index in [0.29, 0.717) is 17.5 Å². The topological polar surface area (TPSA) is 74.8 Å². The summed E-state index contributed by atoms with van der Waals surface area (Å²) < 4.78 is 17.9. The van der Waals surface area contributed by atoms with Gasteiger partial charge in [0.25, 0.3) is 0 Å². The average Bonchev–Trinajstić information content (AvgIpc) is 4.29. The van der Waals surface area contributed by atoms with Crippen molar-refractivity contribution < 1.29 is 8.83 Å². The summed E-state index contributed by atoms with van der Waals surface area (Å²) in [6.45, 7) is 0. The molecule has 16 aromatic rings. The van der Waals surface area contributed by atoms with Gasteiger partial charge < -0.3 is 18.0 Å². The number of para-hydroxylation sites is 4. The third-order valence-corrected chi connectivity index (χ3v) is 15.2. The van der Waals surface area contributed by atoms with Crippen molar-refractivity contribution in [3.8, 4) is 67.8 Å². The lowest BCUT2D eigenvalue weighted by molar-refractivity contribution is 0.668. The number of benzene rings is 11. The van der Waals surface area contributed by atoms with Gasteiger partial charge in [-0.15, -0.1) is 0 Å². The van der Waals surface area contributed by atoms with Crippen LogP contribution in [-0.4, -0.2) is 24.1 Å². The number of hydrogen-bond acceptors (Lipinski definition) is 5. The first-order valence-corrected chi connectivity index (χ1v) is 25.6. The monoisotopic (exact) mass is 971 g/mol. The molecule has 0 N–H and O–H groups in total. The second-order valence-corrected chi connectivity index (χ2v) is 19.5. The Morgan fingerprint density at radius 3 is 1.47 bits per heavy atom. The summed E-state index contributed by atoms with van der Waals surface area (Å²) in [6.07, 6.45) is 0. The molecule has 0 saturated carbocycles. The number of hydrogen-bond donors (Lipinski definition) is 0. The van der Waals surface area contributed by atoms with Crippen LogP contribution in [0, 0.1) is 0 Å². The van der Waals surface area contributed by atoms with Crippen LogP contribution >= 0.6 is 0 Å². The molecule has 16 rings (SSSR count). The maximum Gasteiger partial charge on any atom is 0.164 e. The van der Waals surface area contributed by atoms with Gasteiger partial charge in [0, 0.05) is 71.2 Å². The smallest absolute Gasteiger partial charge is 0.164 e. The van der Waals surface area contributed by atoms with Gasteiger partial charge in [0.15, 0.2) is 17.5 Å². The zero-order valence-corrected chi connectivity index (χ0v) is 40.7. The Morgan fingerprint density at radius 1 is 0.250 bits per heavy atom. The number of furan rings is 2. The van der Waals surface area contributed by atoms with Crippen LogP contribution < -0.4 is 0 Å². The Balaban J connectivity index is 0.777. The predicted octanol–water partition coefficient (Wildman–Crippen LogP) is 18.2. The Bertz CT molecular complexity index is 4930. The number of rotatable bonds is 7. The van der Waals surface area contributed by atoms with E-state index in [9.17, 15) is 0 Å². The fourth-order valence-electron chi connectivity index (χ4n) is 11.6. The molecule has 7 nitrogen and oxygen atoms in total. The lowest BCUT2D eigenvalue weighted by Crippen LogP contribution is -2.00. The van der Waals surface area contributed by atoms with E-state index in [1.54, 1.807) is 0 Å². The molecule has 354 valence electrons. The van der Waals surface area contributed by atoms with Gasteiger partial charge >= 0.3 is 0 Å². The zero-order valence-electron chi connectivity index (χ0n) is 40.7. The van der Waals surface area contributed by atoms with Gasteiger partial charge in [-0.1, -0.05) is 158 Å². The molecule has 0 aliphatic heterocycles. The van der Waals surface area contributed by atoms with Gasteiger partial charge in [0.2, 0.25) is 0 Å². The van der Waals surface area contributed by atoms with Crippen LogP contribution in [-0.2, 0) is 0 Å². The van der Waals surface area contributed by atoms with Gasteiger partial charge in [-0.25, -0.2) is 15.0 Å². The summed E-state index contributed by atoms with van der Waals surface area (Å²) in [6, 6.07) is 87.5. The Hall–Kier alpha value is -10.4. The fraction of sp³-hybridized carbons (Fsp3) is 0. The molecule has 0 saturated heterocycles. The predicted molar refractivity (Wildman–Crippen MR) is 310 cm³/mol. The number of fused-ring (bicyclic) bond motifs is 12. The molecule has 5 heterocycles. The maximum absolute atomic E-state index is 6.61. The molecule has 0 fully saturated rings. The summed E-state index contributed by atoms with van der Waals surface area (Å²) in [4.78, 5) is 15.6. The second kappa shape index (κ2) is 16.6. The van der Waals surface area contributed by atoms with Gasteiger partial charge in [-0.3, -0.25) is 0 Å². The lowest BCUT2D eigenvalue weighted by Gasteiger charge is -2.10. The van der Waals surface area contributed by atoms with Crippen LogP contribution in [0.25, 0.3) is 155 Å². The van der Waals surface area contributed by atoms with E-state index in [-0.39, 0.29) is 0 Å². The Morgan fingerprint density at radius 2 is 0.763 bits per heavy atom. The van der Waals surface area contributed by atoms with E-state index in [2.05, 4.69) is 215 Å². The minimum absolute atomic E-state index is 0.545. The van der Waals surface area contributed by atoms with Gasteiger partial charge in [-0.05, 0) is 113 Å². The highest BCUT2D eigenvalue weighted by atomic mass is 16.3. The molecule has 0 bridgehead atoms. The van der Waals surface area contributed by atoms with E-state index < -0.39 is 0 Å². The van der Waals surface area contributed by atoms with Crippen molar-refractivity contribution in [1.82, 2.24) is 24.1 Å². The second-order valence-electron chi connectivity index (χ2n) is 19.5. The molecule has 76 heavy (non-hydrogen) atoms. The summed E-state index contributed by atoms with van der Waals surface area (Å²) >= 11 is 0. The van der Waals surface area contributed by atoms with Crippen molar-refractivity contribution in [3.05, 3.63) is 249 Å². The SMILES string of the molecule is c1ccc(-c2nc(-c3ccc4c(c3)oc3ccc(-n5c6ccccc6c6ccccc65)cc34)nc(-c3cccc4oc5ccc(-c6ccc(-c7ccc8c(c7)c7ccccc7n8-c7ccccc7)cc6)cc5c34)n2)cc1. The molecule has 0 amide bonds. The number of aromatic nitrogens is 5. The Kier molecular flexibility index (Phi) is 9.20. The maximum atomic E-state index is 6.61. The van der Waals surface area contributed by atoms with Crippen LogP contribution in [0.2, 0.25) is 0 Å². The van der Waals surface area contributed by atoms with E-state index in [1.807, 2.05) is 42.5 Å². The largest absolute Gasteiger partial charge is 0.456 e. The molecule has 5 aromatic heterocycles. The number of nitrogens with zero attached hydrogens (tertiary/aromatic N) is 5. The van der Waals surface area contributed by atoms with Gasteiger partial charge in [0.05, 0.1) is 22.1 Å². The molecule has 0 aliphatic carbocycles. The van der Waals surface area contributed by atoms with Crippen LogP contribution in [0.1, 0.15) is 0 Å². The van der Waals surface area contributed by atoms with Crippen molar-refractivity contribution in [2.24, 2.45) is 0 Å². The average molecular weight is 972 g/mol. The van der Waals surface area contributed by atoms with E-state index in [0.717, 1.165) is 99.7 Å². The van der Waals surface area contributed by atoms with Crippen molar-refractivity contribution >= 4 is 87.5 Å². The van der Waals surface area contributed by atoms with Crippen LogP contribution in [0.4, 0.5) is 0 Å². The van der Waals surface area contributed by atoms with Gasteiger partial charge in [-0.2, -0.15) is 0 Å². The standard InChI is InChI=1S/C69H41N5O2/c1-3-14-44(15-4-1)67-70-68(47-30-34-53-56-41-49(33-37-62(56)76-65(53)40-47)74-58-22-10-7-18-50(58)51-19-8-11-23-59(51)74)72-69(71-67)54-21-13-25-64-66(54)57-39-46(32-36-63(57)75-64)43-28-26-42(27-29-43)45-31-35-61-55(38-45)52-20-9-12-24-60(52)73(61)48-16-5-2-6-17-48/h1-41H. The van der Waals surface area contributed by atoms with Crippen LogP contribution in [0.3, 0.4) is 0 Å². The molecule has 11 aromatic carbocycles. The first-order valence-electron chi connectivity index (χ1n) is 25.6. The quantitative estimate of drug-likeness (QED) is 0.159. The molecular weight excluding hydrogens is 931 g/mol. The van der Waals surface area contributed by atoms with Crippen LogP contribution in [0.5, 0.6) is 0 Å². The van der Waals surface area contributed by atoms with Gasteiger partial charge in [0.1, 0.15) is 22.3 Å². The third-order valence-electron chi connectivity index (χ3n) is 15.2. The summed E-state index contributed by atoms with van der Waals surface area (Å²) in [7, 11) is 0. The lowest BCUT2D eigenvalue weighted by atomic mass is 9.97. The molecule has 0 atom stereocenters. The zero-order chi connectivity index (χ0) is 49.8. The minimum Gasteiger partial charge on any atom is -0.456 e. The van der Waals surface area contributed by atoms with Crippen LogP contribution in [0.15, 0.2) is 258 Å². The van der Waals surface area contributed by atoms with Crippen molar-refractivity contribution in [1.29, 1.82) is 0 Å². The highest BCUT2D eigenvalue weighted by Crippen LogP contribution is 2.41. The molecule has 0 radical (unpaired) electrons. The first-order chi connectivity index (χ1) is 37.6. The molecule has 7 heteroatoms.